The molecule has 0 saturated carbocycles. The summed E-state index contributed by atoms with van der Waals surface area (Å²) in [5, 5.41) is 5.54. The summed E-state index contributed by atoms with van der Waals surface area (Å²) in [5.41, 5.74) is 1.48. The first kappa shape index (κ1) is 16.8. The second-order valence-corrected chi connectivity index (χ2v) is 5.85. The van der Waals surface area contributed by atoms with Crippen molar-refractivity contribution < 1.29 is 18.7 Å². The van der Waals surface area contributed by atoms with E-state index in [0.717, 1.165) is 0 Å². The number of benzene rings is 2. The van der Waals surface area contributed by atoms with Gasteiger partial charge >= 0.3 is 0 Å². The molecule has 0 aliphatic carbocycles. The van der Waals surface area contributed by atoms with Crippen LogP contribution in [0.1, 0.15) is 16.2 Å². The minimum absolute atomic E-state index is 0.0871. The molecule has 2 aromatic carbocycles. The van der Waals surface area contributed by atoms with Crippen molar-refractivity contribution in [1.82, 2.24) is 9.97 Å². The summed E-state index contributed by atoms with van der Waals surface area (Å²) in [4.78, 5) is 20.9. The number of anilines is 3. The van der Waals surface area contributed by atoms with Crippen LogP contribution in [0.3, 0.4) is 0 Å². The number of rotatable bonds is 4. The molecule has 0 bridgehead atoms. The SMILES string of the molecule is Cc1cc(C(=O)Nc2ccccc2F)nc(Nc2ccc3c(c2)OCO3)n1. The van der Waals surface area contributed by atoms with Gasteiger partial charge in [0.25, 0.3) is 5.91 Å². The molecular weight excluding hydrogens is 351 g/mol. The molecule has 0 spiro atoms. The Bertz CT molecular complexity index is 1030. The van der Waals surface area contributed by atoms with Gasteiger partial charge in [-0.2, -0.15) is 0 Å². The highest BCUT2D eigenvalue weighted by atomic mass is 19.1. The summed E-state index contributed by atoms with van der Waals surface area (Å²) in [5.74, 6) is 0.475. The van der Waals surface area contributed by atoms with E-state index in [9.17, 15) is 9.18 Å². The Morgan fingerprint density at radius 2 is 1.89 bits per heavy atom. The average Bonchev–Trinajstić information content (AvgIpc) is 3.11. The third-order valence-electron chi connectivity index (χ3n) is 3.84. The average molecular weight is 366 g/mol. The molecule has 2 N–H and O–H groups in total. The van der Waals surface area contributed by atoms with Crippen LogP contribution in [-0.2, 0) is 0 Å². The Labute approximate surface area is 154 Å². The van der Waals surface area contributed by atoms with Crippen molar-refractivity contribution in [2.45, 2.75) is 6.92 Å². The Morgan fingerprint density at radius 3 is 2.74 bits per heavy atom. The fourth-order valence-corrected chi connectivity index (χ4v) is 2.59. The number of nitrogens with one attached hydrogen (secondary N) is 2. The predicted molar refractivity (Wildman–Crippen MR) is 97.0 cm³/mol. The molecule has 0 saturated heterocycles. The van der Waals surface area contributed by atoms with Gasteiger partial charge in [0.05, 0.1) is 5.69 Å². The van der Waals surface area contributed by atoms with Gasteiger partial charge in [0.15, 0.2) is 11.5 Å². The van der Waals surface area contributed by atoms with Gasteiger partial charge < -0.3 is 20.1 Å². The molecule has 1 aromatic heterocycles. The maximum Gasteiger partial charge on any atom is 0.274 e. The van der Waals surface area contributed by atoms with E-state index in [2.05, 4.69) is 20.6 Å². The summed E-state index contributed by atoms with van der Waals surface area (Å²) in [6.45, 7) is 1.92. The Morgan fingerprint density at radius 1 is 1.07 bits per heavy atom. The smallest absolute Gasteiger partial charge is 0.274 e. The molecular formula is C19H15FN4O3. The van der Waals surface area contributed by atoms with Crippen LogP contribution in [0.15, 0.2) is 48.5 Å². The standard InChI is InChI=1S/C19H15FN4O3/c1-11-8-15(18(25)23-14-5-3-2-4-13(14)20)24-19(21-11)22-12-6-7-16-17(9-12)27-10-26-16/h2-9H,10H2,1H3,(H,23,25)(H,21,22,24). The topological polar surface area (TPSA) is 85.4 Å². The Balaban J connectivity index is 1.56. The number of para-hydroxylation sites is 1. The number of aromatic nitrogens is 2. The van der Waals surface area contributed by atoms with Crippen LogP contribution in [-0.4, -0.2) is 22.7 Å². The molecule has 0 unspecified atom stereocenters. The van der Waals surface area contributed by atoms with Gasteiger partial charge in [0, 0.05) is 17.4 Å². The van der Waals surface area contributed by atoms with E-state index in [-0.39, 0.29) is 24.1 Å². The fraction of sp³-hybridized carbons (Fsp3) is 0.105. The molecule has 4 rings (SSSR count). The van der Waals surface area contributed by atoms with Crippen molar-refractivity contribution in [1.29, 1.82) is 0 Å². The van der Waals surface area contributed by atoms with Crippen LogP contribution < -0.4 is 20.1 Å². The lowest BCUT2D eigenvalue weighted by Gasteiger charge is -2.10. The minimum Gasteiger partial charge on any atom is -0.454 e. The van der Waals surface area contributed by atoms with Crippen molar-refractivity contribution in [3.63, 3.8) is 0 Å². The number of ether oxygens (including phenoxy) is 2. The van der Waals surface area contributed by atoms with Crippen LogP contribution in [0.4, 0.5) is 21.7 Å². The van der Waals surface area contributed by atoms with Crippen LogP contribution >= 0.6 is 0 Å². The van der Waals surface area contributed by atoms with E-state index in [1.165, 1.54) is 18.2 Å². The Kier molecular flexibility index (Phi) is 4.29. The quantitative estimate of drug-likeness (QED) is 0.733. The van der Waals surface area contributed by atoms with Gasteiger partial charge in [0.1, 0.15) is 11.5 Å². The first-order chi connectivity index (χ1) is 13.1. The number of nitrogens with zero attached hydrogens (tertiary/aromatic N) is 2. The molecule has 136 valence electrons. The van der Waals surface area contributed by atoms with Gasteiger partial charge in [-0.25, -0.2) is 14.4 Å². The summed E-state index contributed by atoms with van der Waals surface area (Å²) in [7, 11) is 0. The largest absolute Gasteiger partial charge is 0.454 e. The number of aryl methyl sites for hydroxylation is 1. The number of carbonyl (C=O) groups excluding carboxylic acids is 1. The van der Waals surface area contributed by atoms with Crippen molar-refractivity contribution in [3.05, 3.63) is 65.7 Å². The number of amides is 1. The van der Waals surface area contributed by atoms with E-state index >= 15 is 0 Å². The molecule has 3 aromatic rings. The number of hydrogen-bond donors (Lipinski definition) is 2. The summed E-state index contributed by atoms with van der Waals surface area (Å²) >= 11 is 0. The molecule has 0 atom stereocenters. The molecule has 0 fully saturated rings. The number of hydrogen-bond acceptors (Lipinski definition) is 6. The van der Waals surface area contributed by atoms with Crippen LogP contribution in [0, 0.1) is 12.7 Å². The number of carbonyl (C=O) groups is 1. The summed E-state index contributed by atoms with van der Waals surface area (Å²) in [6.07, 6.45) is 0. The molecule has 1 aliphatic rings. The minimum atomic E-state index is -0.528. The van der Waals surface area contributed by atoms with E-state index < -0.39 is 11.7 Å². The maximum atomic E-state index is 13.7. The third kappa shape index (κ3) is 3.64. The number of halogens is 1. The van der Waals surface area contributed by atoms with Gasteiger partial charge in [-0.3, -0.25) is 4.79 Å². The van der Waals surface area contributed by atoms with Gasteiger partial charge in [-0.15, -0.1) is 0 Å². The van der Waals surface area contributed by atoms with E-state index in [0.29, 0.717) is 22.9 Å². The lowest BCUT2D eigenvalue weighted by molar-refractivity contribution is 0.102. The highest BCUT2D eigenvalue weighted by Gasteiger charge is 2.15. The molecule has 2 heterocycles. The van der Waals surface area contributed by atoms with Crippen LogP contribution in [0.5, 0.6) is 11.5 Å². The van der Waals surface area contributed by atoms with Crippen molar-refractivity contribution in [3.8, 4) is 11.5 Å². The zero-order valence-corrected chi connectivity index (χ0v) is 14.3. The molecule has 1 amide bonds. The lowest BCUT2D eigenvalue weighted by Crippen LogP contribution is -2.16. The Hall–Kier alpha value is -3.68. The second kappa shape index (κ2) is 6.91. The maximum absolute atomic E-state index is 13.7. The zero-order valence-electron chi connectivity index (χ0n) is 14.3. The van der Waals surface area contributed by atoms with Crippen molar-refractivity contribution in [2.75, 3.05) is 17.4 Å². The molecule has 8 heteroatoms. The fourth-order valence-electron chi connectivity index (χ4n) is 2.59. The summed E-state index contributed by atoms with van der Waals surface area (Å²) < 4.78 is 24.4. The van der Waals surface area contributed by atoms with Crippen molar-refractivity contribution in [2.24, 2.45) is 0 Å². The lowest BCUT2D eigenvalue weighted by atomic mass is 10.2. The highest BCUT2D eigenvalue weighted by Crippen LogP contribution is 2.34. The van der Waals surface area contributed by atoms with Gasteiger partial charge in [0.2, 0.25) is 12.7 Å². The monoisotopic (exact) mass is 366 g/mol. The molecule has 0 radical (unpaired) electrons. The first-order valence-electron chi connectivity index (χ1n) is 8.17. The van der Waals surface area contributed by atoms with Crippen molar-refractivity contribution >= 4 is 23.2 Å². The number of fused-ring (bicyclic) bond motifs is 1. The third-order valence-corrected chi connectivity index (χ3v) is 3.84. The predicted octanol–water partition coefficient (Wildman–Crippen LogP) is 3.65. The van der Waals surface area contributed by atoms with Crippen LogP contribution in [0.25, 0.3) is 0 Å². The normalized spacial score (nSPS) is 11.9. The van der Waals surface area contributed by atoms with Gasteiger partial charge in [-0.05, 0) is 37.3 Å². The zero-order chi connectivity index (χ0) is 18.8. The first-order valence-corrected chi connectivity index (χ1v) is 8.17. The van der Waals surface area contributed by atoms with Gasteiger partial charge in [-0.1, -0.05) is 12.1 Å². The van der Waals surface area contributed by atoms with E-state index in [1.807, 2.05) is 0 Å². The molecule has 7 nitrogen and oxygen atoms in total. The van der Waals surface area contributed by atoms with E-state index in [1.54, 1.807) is 37.3 Å². The summed E-state index contributed by atoms with van der Waals surface area (Å²) in [6, 6.07) is 12.8. The highest BCUT2D eigenvalue weighted by molar-refractivity contribution is 6.03. The van der Waals surface area contributed by atoms with E-state index in [4.69, 9.17) is 9.47 Å². The molecule has 27 heavy (non-hydrogen) atoms. The molecule has 1 aliphatic heterocycles. The van der Waals surface area contributed by atoms with Crippen LogP contribution in [0.2, 0.25) is 0 Å². The second-order valence-electron chi connectivity index (χ2n) is 5.85.